The van der Waals surface area contributed by atoms with Crippen LogP contribution in [0.5, 0.6) is 0 Å². The molecule has 2 heterocycles. The van der Waals surface area contributed by atoms with Crippen molar-refractivity contribution in [2.24, 2.45) is 5.92 Å². The Labute approximate surface area is 195 Å². The third-order valence-corrected chi connectivity index (χ3v) is 6.56. The van der Waals surface area contributed by atoms with Crippen LogP contribution in [0.1, 0.15) is 28.8 Å². The van der Waals surface area contributed by atoms with Crippen LogP contribution in [0.3, 0.4) is 0 Å². The van der Waals surface area contributed by atoms with Crippen LogP contribution in [0.2, 0.25) is 5.02 Å². The smallest absolute Gasteiger partial charge is 0.253 e. The normalized spacial score (nSPS) is 20.0. The van der Waals surface area contributed by atoms with E-state index in [-0.39, 0.29) is 17.7 Å². The van der Waals surface area contributed by atoms with Gasteiger partial charge >= 0.3 is 0 Å². The second-order valence-electron chi connectivity index (χ2n) is 8.54. The van der Waals surface area contributed by atoms with Gasteiger partial charge in [-0.05, 0) is 42.7 Å². The van der Waals surface area contributed by atoms with Gasteiger partial charge in [0.25, 0.3) is 5.91 Å². The van der Waals surface area contributed by atoms with E-state index in [0.717, 1.165) is 45.6 Å². The highest BCUT2D eigenvalue weighted by atomic mass is 35.5. The number of halogens is 1. The van der Waals surface area contributed by atoms with Crippen molar-refractivity contribution in [1.29, 1.82) is 0 Å². The highest BCUT2D eigenvalue weighted by Crippen LogP contribution is 2.22. The first kappa shape index (κ1) is 22.6. The van der Waals surface area contributed by atoms with Crippen LogP contribution in [-0.4, -0.2) is 72.3 Å². The number of nitrogens with zero attached hydrogens (tertiary/aromatic N) is 3. The Kier molecular flexibility index (Phi) is 7.61. The van der Waals surface area contributed by atoms with Crippen LogP contribution in [0, 0.1) is 5.92 Å². The topological polar surface area (TPSA) is 43.9 Å². The number of piperazine rings is 1. The van der Waals surface area contributed by atoms with Crippen molar-refractivity contribution in [3.63, 3.8) is 0 Å². The molecule has 2 saturated heterocycles. The van der Waals surface area contributed by atoms with Crippen molar-refractivity contribution >= 4 is 29.5 Å². The number of hydrogen-bond donors (Lipinski definition) is 0. The lowest BCUT2D eigenvalue weighted by atomic mass is 9.95. The van der Waals surface area contributed by atoms with Gasteiger partial charge in [0.2, 0.25) is 5.91 Å². The average molecular weight is 452 g/mol. The van der Waals surface area contributed by atoms with E-state index in [2.05, 4.69) is 29.2 Å². The molecule has 1 unspecified atom stereocenters. The summed E-state index contributed by atoms with van der Waals surface area (Å²) in [5.41, 5.74) is 1.83. The van der Waals surface area contributed by atoms with E-state index in [0.29, 0.717) is 23.7 Å². The van der Waals surface area contributed by atoms with Gasteiger partial charge in [-0.25, -0.2) is 0 Å². The van der Waals surface area contributed by atoms with Crippen molar-refractivity contribution in [2.45, 2.75) is 12.8 Å². The van der Waals surface area contributed by atoms with Gasteiger partial charge in [-0.1, -0.05) is 54.1 Å². The molecule has 0 saturated carbocycles. The lowest BCUT2D eigenvalue weighted by Gasteiger charge is -2.38. The number of carbonyl (C=O) groups is 2. The lowest BCUT2D eigenvalue weighted by molar-refractivity contribution is -0.138. The Morgan fingerprint density at radius 1 is 0.906 bits per heavy atom. The molecule has 2 fully saturated rings. The van der Waals surface area contributed by atoms with Crippen LogP contribution in [0.25, 0.3) is 6.08 Å². The van der Waals surface area contributed by atoms with Crippen LogP contribution in [0.4, 0.5) is 0 Å². The third-order valence-electron chi connectivity index (χ3n) is 6.31. The molecule has 1 atom stereocenters. The van der Waals surface area contributed by atoms with Crippen molar-refractivity contribution in [3.8, 4) is 0 Å². The molecule has 0 aliphatic carbocycles. The van der Waals surface area contributed by atoms with E-state index >= 15 is 0 Å². The monoisotopic (exact) mass is 451 g/mol. The molecule has 2 aromatic carbocycles. The predicted octanol–water partition coefficient (Wildman–Crippen LogP) is 4.05. The summed E-state index contributed by atoms with van der Waals surface area (Å²) >= 11 is 5.94. The minimum absolute atomic E-state index is 0.0193. The van der Waals surface area contributed by atoms with E-state index in [1.807, 2.05) is 28.0 Å². The molecule has 2 aromatic rings. The molecule has 2 aliphatic rings. The summed E-state index contributed by atoms with van der Waals surface area (Å²) in [4.78, 5) is 32.2. The van der Waals surface area contributed by atoms with E-state index in [4.69, 9.17) is 11.6 Å². The zero-order chi connectivity index (χ0) is 22.3. The highest BCUT2D eigenvalue weighted by Gasteiger charge is 2.32. The molecule has 0 N–H and O–H groups in total. The minimum atomic E-state index is -0.107. The van der Waals surface area contributed by atoms with Crippen molar-refractivity contribution in [2.75, 3.05) is 45.8 Å². The highest BCUT2D eigenvalue weighted by molar-refractivity contribution is 6.30. The third kappa shape index (κ3) is 5.78. The number of likely N-dealkylation sites (tertiary alicyclic amines) is 1. The number of amides is 2. The number of hydrogen-bond acceptors (Lipinski definition) is 3. The van der Waals surface area contributed by atoms with Gasteiger partial charge in [0.15, 0.2) is 0 Å². The predicted molar refractivity (Wildman–Crippen MR) is 129 cm³/mol. The Bertz CT molecular complexity index is 937. The zero-order valence-electron chi connectivity index (χ0n) is 18.3. The Morgan fingerprint density at radius 3 is 2.34 bits per heavy atom. The van der Waals surface area contributed by atoms with Crippen molar-refractivity contribution in [3.05, 3.63) is 76.8 Å². The maximum atomic E-state index is 13.1. The largest absolute Gasteiger partial charge is 0.340 e. The quantitative estimate of drug-likeness (QED) is 0.688. The van der Waals surface area contributed by atoms with Gasteiger partial charge in [-0.3, -0.25) is 14.5 Å². The van der Waals surface area contributed by atoms with Crippen molar-refractivity contribution in [1.82, 2.24) is 14.7 Å². The van der Waals surface area contributed by atoms with Gasteiger partial charge in [0.05, 0.1) is 5.92 Å². The fraction of sp³-hybridized carbons (Fsp3) is 0.385. The minimum Gasteiger partial charge on any atom is -0.340 e. The molecular weight excluding hydrogens is 422 g/mol. The SMILES string of the molecule is O=C(c1ccc(Cl)cc1)N1CCCC(C(=O)N2CCN(C/C=C/c3ccccc3)CC2)C1. The Balaban J connectivity index is 1.26. The molecule has 2 aliphatic heterocycles. The molecule has 0 bridgehead atoms. The molecule has 4 rings (SSSR count). The first-order valence-electron chi connectivity index (χ1n) is 11.4. The number of carbonyl (C=O) groups excluding carboxylic acids is 2. The van der Waals surface area contributed by atoms with E-state index in [1.165, 1.54) is 5.56 Å². The van der Waals surface area contributed by atoms with Gasteiger partial charge in [0.1, 0.15) is 0 Å². The molecule has 0 spiro atoms. The molecule has 2 amide bonds. The molecule has 5 nitrogen and oxygen atoms in total. The summed E-state index contributed by atoms with van der Waals surface area (Å²) in [7, 11) is 0. The standard InChI is InChI=1S/C26H30ClN3O2/c27-24-12-10-22(11-13-24)25(31)30-15-5-9-23(20-30)26(32)29-18-16-28(17-19-29)14-4-8-21-6-2-1-3-7-21/h1-4,6-8,10-13,23H,5,9,14-20H2/b8-4+. The van der Waals surface area contributed by atoms with Crippen LogP contribution in [-0.2, 0) is 4.79 Å². The first-order valence-corrected chi connectivity index (χ1v) is 11.8. The maximum absolute atomic E-state index is 13.1. The number of benzene rings is 2. The van der Waals surface area contributed by atoms with Gasteiger partial charge in [-0.15, -0.1) is 0 Å². The summed E-state index contributed by atoms with van der Waals surface area (Å²) in [5.74, 6) is 0.0665. The number of rotatable bonds is 5. The zero-order valence-corrected chi connectivity index (χ0v) is 19.1. The van der Waals surface area contributed by atoms with E-state index < -0.39 is 0 Å². The second kappa shape index (κ2) is 10.8. The fourth-order valence-corrected chi connectivity index (χ4v) is 4.58. The molecule has 0 radical (unpaired) electrons. The second-order valence-corrected chi connectivity index (χ2v) is 8.97. The van der Waals surface area contributed by atoms with Gasteiger partial charge in [0, 0.05) is 56.4 Å². The molecule has 168 valence electrons. The van der Waals surface area contributed by atoms with Crippen LogP contribution < -0.4 is 0 Å². The van der Waals surface area contributed by atoms with E-state index in [9.17, 15) is 9.59 Å². The average Bonchev–Trinajstić information content (AvgIpc) is 2.85. The number of piperidine rings is 1. The van der Waals surface area contributed by atoms with Crippen LogP contribution >= 0.6 is 11.6 Å². The summed E-state index contributed by atoms with van der Waals surface area (Å²) < 4.78 is 0. The van der Waals surface area contributed by atoms with Gasteiger partial charge in [-0.2, -0.15) is 0 Å². The summed E-state index contributed by atoms with van der Waals surface area (Å²) in [6.07, 6.45) is 6.04. The Morgan fingerprint density at radius 2 is 1.62 bits per heavy atom. The van der Waals surface area contributed by atoms with Crippen LogP contribution in [0.15, 0.2) is 60.7 Å². The maximum Gasteiger partial charge on any atom is 0.253 e. The van der Waals surface area contributed by atoms with Gasteiger partial charge < -0.3 is 9.80 Å². The molecule has 0 aromatic heterocycles. The van der Waals surface area contributed by atoms with E-state index in [1.54, 1.807) is 24.3 Å². The Hall–Kier alpha value is -2.63. The summed E-state index contributed by atoms with van der Waals surface area (Å²) in [6, 6.07) is 17.3. The first-order chi connectivity index (χ1) is 15.6. The molecular formula is C26H30ClN3O2. The summed E-state index contributed by atoms with van der Waals surface area (Å²) in [6.45, 7) is 5.35. The summed E-state index contributed by atoms with van der Waals surface area (Å²) in [5, 5.41) is 0.614. The molecule has 6 heteroatoms. The van der Waals surface area contributed by atoms with Crippen molar-refractivity contribution < 1.29 is 9.59 Å². The fourth-order valence-electron chi connectivity index (χ4n) is 4.45. The molecule has 32 heavy (non-hydrogen) atoms. The lowest BCUT2D eigenvalue weighted by Crippen LogP contribution is -2.53.